The van der Waals surface area contributed by atoms with Gasteiger partial charge < -0.3 is 20.0 Å². The molecule has 0 aliphatic heterocycles. The lowest BCUT2D eigenvalue weighted by molar-refractivity contribution is 0.146. The van der Waals surface area contributed by atoms with Gasteiger partial charge in [-0.25, -0.2) is 0 Å². The zero-order chi connectivity index (χ0) is 14.8. The molecule has 0 saturated carbocycles. The Labute approximate surface area is 120 Å². The summed E-state index contributed by atoms with van der Waals surface area (Å²) in [6.45, 7) is 0.225. The largest absolute Gasteiger partial charge is 0.493 e. The summed E-state index contributed by atoms with van der Waals surface area (Å²) >= 11 is 0. The summed E-state index contributed by atoms with van der Waals surface area (Å²) in [5.41, 5.74) is 6.16. The summed E-state index contributed by atoms with van der Waals surface area (Å²) in [7, 11) is 0. The van der Waals surface area contributed by atoms with Gasteiger partial charge in [0.1, 0.15) is 28.5 Å². The molecule has 1 heterocycles. The molecule has 0 aliphatic carbocycles. The minimum atomic E-state index is -0.933. The number of aliphatic hydroxyl groups excluding tert-OH is 1. The normalized spacial score (nSPS) is 12.7. The van der Waals surface area contributed by atoms with Crippen molar-refractivity contribution in [3.05, 3.63) is 52.7 Å². The van der Waals surface area contributed by atoms with Gasteiger partial charge >= 0.3 is 0 Å². The van der Waals surface area contributed by atoms with Crippen LogP contribution in [0.2, 0.25) is 0 Å². The lowest BCUT2D eigenvalue weighted by atomic mass is 10.1. The van der Waals surface area contributed by atoms with Crippen molar-refractivity contribution in [2.24, 2.45) is 5.73 Å². The second kappa shape index (κ2) is 5.55. The molecule has 108 valence electrons. The Bertz CT molecular complexity index is 838. The van der Waals surface area contributed by atoms with E-state index in [1.807, 2.05) is 6.07 Å². The van der Waals surface area contributed by atoms with Crippen LogP contribution in [0.15, 0.2) is 51.7 Å². The summed E-state index contributed by atoms with van der Waals surface area (Å²) in [4.78, 5) is 12.6. The second-order valence-corrected chi connectivity index (χ2v) is 4.76. The van der Waals surface area contributed by atoms with Gasteiger partial charge in [0.15, 0.2) is 0 Å². The van der Waals surface area contributed by atoms with Gasteiger partial charge in [-0.05, 0) is 24.3 Å². The van der Waals surface area contributed by atoms with Crippen molar-refractivity contribution in [2.45, 2.75) is 12.6 Å². The first-order valence-corrected chi connectivity index (χ1v) is 6.68. The smallest absolute Gasteiger partial charge is 0.204 e. The zero-order valence-corrected chi connectivity index (χ0v) is 11.3. The molecule has 1 aromatic heterocycles. The fourth-order valence-electron chi connectivity index (χ4n) is 2.23. The predicted molar refractivity (Wildman–Crippen MR) is 80.3 cm³/mol. The fourth-order valence-corrected chi connectivity index (χ4v) is 2.23. The number of rotatable bonds is 4. The monoisotopic (exact) mass is 285 g/mol. The number of para-hydroxylation sites is 1. The number of hydrogen-bond acceptors (Lipinski definition) is 5. The van der Waals surface area contributed by atoms with Crippen molar-refractivity contribution < 1.29 is 14.3 Å². The van der Waals surface area contributed by atoms with E-state index in [-0.39, 0.29) is 18.5 Å². The molecule has 0 amide bonds. The highest BCUT2D eigenvalue weighted by molar-refractivity contribution is 5.93. The lowest BCUT2D eigenvalue weighted by Crippen LogP contribution is -2.21. The van der Waals surface area contributed by atoms with Crippen LogP contribution < -0.4 is 15.9 Å². The molecular weight excluding hydrogens is 270 g/mol. The third kappa shape index (κ3) is 2.61. The van der Waals surface area contributed by atoms with E-state index in [1.165, 1.54) is 0 Å². The number of ether oxygens (including phenoxy) is 1. The van der Waals surface area contributed by atoms with E-state index >= 15 is 0 Å². The Kier molecular flexibility index (Phi) is 3.60. The van der Waals surface area contributed by atoms with E-state index < -0.39 is 6.23 Å². The summed E-state index contributed by atoms with van der Waals surface area (Å²) in [6.07, 6.45) is -0.646. The highest BCUT2D eigenvalue weighted by Gasteiger charge is 2.12. The number of benzene rings is 2. The Morgan fingerprint density at radius 2 is 1.90 bits per heavy atom. The van der Waals surface area contributed by atoms with E-state index in [0.717, 1.165) is 0 Å². The fraction of sp³-hybridized carbons (Fsp3) is 0.188. The van der Waals surface area contributed by atoms with Gasteiger partial charge in [0.2, 0.25) is 5.43 Å². The number of nitrogens with two attached hydrogens (primary N) is 1. The average molecular weight is 285 g/mol. The summed E-state index contributed by atoms with van der Waals surface area (Å²) in [5.74, 6) is 0.438. The summed E-state index contributed by atoms with van der Waals surface area (Å²) in [5, 5.41) is 9.98. The number of hydrogen-bond donors (Lipinski definition) is 2. The number of fused-ring (bicyclic) bond motifs is 2. The maximum atomic E-state index is 12.6. The quantitative estimate of drug-likeness (QED) is 0.565. The Morgan fingerprint density at radius 3 is 2.71 bits per heavy atom. The van der Waals surface area contributed by atoms with Gasteiger partial charge in [0.25, 0.3) is 0 Å². The molecule has 1 unspecified atom stereocenters. The maximum Gasteiger partial charge on any atom is 0.204 e. The molecule has 5 nitrogen and oxygen atoms in total. The van der Waals surface area contributed by atoms with Crippen LogP contribution in [0.3, 0.4) is 0 Å². The third-order valence-corrected chi connectivity index (χ3v) is 3.24. The molecule has 2 aromatic carbocycles. The molecule has 0 saturated heterocycles. The van der Waals surface area contributed by atoms with Crippen LogP contribution in [0.1, 0.15) is 6.42 Å². The van der Waals surface area contributed by atoms with Crippen LogP contribution in [0.5, 0.6) is 5.75 Å². The number of aliphatic hydroxyl groups is 1. The van der Waals surface area contributed by atoms with Crippen LogP contribution in [-0.2, 0) is 0 Å². The Hall–Kier alpha value is -2.37. The molecule has 0 radical (unpaired) electrons. The van der Waals surface area contributed by atoms with Crippen LogP contribution in [0.4, 0.5) is 0 Å². The lowest BCUT2D eigenvalue weighted by Gasteiger charge is -2.10. The van der Waals surface area contributed by atoms with Crippen molar-refractivity contribution in [1.82, 2.24) is 0 Å². The first kappa shape index (κ1) is 13.6. The topological polar surface area (TPSA) is 85.7 Å². The Morgan fingerprint density at radius 1 is 1.14 bits per heavy atom. The maximum absolute atomic E-state index is 12.6. The van der Waals surface area contributed by atoms with Crippen LogP contribution >= 0.6 is 0 Å². The van der Waals surface area contributed by atoms with E-state index in [9.17, 15) is 4.79 Å². The van der Waals surface area contributed by atoms with Crippen molar-refractivity contribution in [3.63, 3.8) is 0 Å². The molecule has 0 fully saturated rings. The van der Waals surface area contributed by atoms with Crippen LogP contribution in [-0.4, -0.2) is 17.9 Å². The molecule has 3 aromatic rings. The van der Waals surface area contributed by atoms with Crippen molar-refractivity contribution >= 4 is 21.9 Å². The highest BCUT2D eigenvalue weighted by atomic mass is 16.5. The average Bonchev–Trinajstić information content (AvgIpc) is 2.47. The first-order valence-electron chi connectivity index (χ1n) is 6.68. The van der Waals surface area contributed by atoms with E-state index in [4.69, 9.17) is 20.0 Å². The first-order chi connectivity index (χ1) is 10.2. The molecule has 0 bridgehead atoms. The third-order valence-electron chi connectivity index (χ3n) is 3.24. The van der Waals surface area contributed by atoms with Crippen LogP contribution in [0.25, 0.3) is 21.9 Å². The van der Waals surface area contributed by atoms with Crippen LogP contribution in [0, 0.1) is 0 Å². The summed E-state index contributed by atoms with van der Waals surface area (Å²) < 4.78 is 11.3. The van der Waals surface area contributed by atoms with E-state index in [2.05, 4.69) is 0 Å². The predicted octanol–water partition coefficient (Wildman–Crippen LogP) is 1.99. The molecule has 0 aliphatic rings. The molecule has 3 rings (SSSR count). The van der Waals surface area contributed by atoms with E-state index in [1.54, 1.807) is 36.4 Å². The molecule has 3 N–H and O–H groups in total. The van der Waals surface area contributed by atoms with E-state index in [0.29, 0.717) is 27.7 Å². The molecule has 0 spiro atoms. The zero-order valence-electron chi connectivity index (χ0n) is 11.3. The molecule has 5 heteroatoms. The minimum Gasteiger partial charge on any atom is -0.493 e. The van der Waals surface area contributed by atoms with Gasteiger partial charge in [-0.3, -0.25) is 4.79 Å². The van der Waals surface area contributed by atoms with Crippen molar-refractivity contribution in [3.8, 4) is 5.75 Å². The molecule has 21 heavy (non-hydrogen) atoms. The van der Waals surface area contributed by atoms with Gasteiger partial charge in [-0.1, -0.05) is 18.2 Å². The molecule has 1 atom stereocenters. The SMILES string of the molecule is NC(O)CCOc1cccc2oc3ccccc3c(=O)c12. The standard InChI is InChI=1S/C16H15NO4/c17-14(18)8-9-20-12-6-3-7-13-15(12)16(19)10-4-1-2-5-11(10)21-13/h1-7,14,18H,8-9,17H2. The summed E-state index contributed by atoms with van der Waals surface area (Å²) in [6, 6.07) is 12.3. The second-order valence-electron chi connectivity index (χ2n) is 4.76. The Balaban J connectivity index is 2.13. The van der Waals surface area contributed by atoms with Gasteiger partial charge in [-0.2, -0.15) is 0 Å². The van der Waals surface area contributed by atoms with Crippen molar-refractivity contribution in [2.75, 3.05) is 6.61 Å². The van der Waals surface area contributed by atoms with Gasteiger partial charge in [0.05, 0.1) is 12.0 Å². The van der Waals surface area contributed by atoms with Crippen molar-refractivity contribution in [1.29, 1.82) is 0 Å². The van der Waals surface area contributed by atoms with Gasteiger partial charge in [0, 0.05) is 6.42 Å². The van der Waals surface area contributed by atoms with Gasteiger partial charge in [-0.15, -0.1) is 0 Å². The highest BCUT2D eigenvalue weighted by Crippen LogP contribution is 2.26. The molecular formula is C16H15NO4. The minimum absolute atomic E-state index is 0.129.